The molecule has 0 spiro atoms. The summed E-state index contributed by atoms with van der Waals surface area (Å²) in [6, 6.07) is 0. The van der Waals surface area contributed by atoms with E-state index in [-0.39, 0.29) is 23.8 Å². The molecule has 0 radical (unpaired) electrons. The van der Waals surface area contributed by atoms with Crippen molar-refractivity contribution in [2.75, 3.05) is 13.2 Å². The van der Waals surface area contributed by atoms with Gasteiger partial charge in [-0.3, -0.25) is 9.59 Å². The molecule has 0 aromatic heterocycles. The third kappa shape index (κ3) is 2.97. The van der Waals surface area contributed by atoms with Crippen LogP contribution in [0.1, 0.15) is 46.0 Å². The standard InChI is InChI=1S/C12H21NO3/c1-3-12(7-5-6-8-12)11(15)13-9-10(14)16-4-2/h3-9H2,1-2H3,(H,13,15). The first-order chi connectivity index (χ1) is 7.64. The van der Waals surface area contributed by atoms with Crippen LogP contribution in [0.4, 0.5) is 0 Å². The van der Waals surface area contributed by atoms with Gasteiger partial charge in [0.15, 0.2) is 0 Å². The lowest BCUT2D eigenvalue weighted by Gasteiger charge is -2.25. The van der Waals surface area contributed by atoms with E-state index in [1.807, 2.05) is 6.92 Å². The lowest BCUT2D eigenvalue weighted by molar-refractivity contribution is -0.144. The quantitative estimate of drug-likeness (QED) is 0.726. The number of esters is 1. The molecule has 0 saturated heterocycles. The first kappa shape index (κ1) is 13.0. The first-order valence-electron chi connectivity index (χ1n) is 6.08. The summed E-state index contributed by atoms with van der Waals surface area (Å²) < 4.78 is 4.77. The van der Waals surface area contributed by atoms with Gasteiger partial charge >= 0.3 is 5.97 Å². The topological polar surface area (TPSA) is 55.4 Å². The number of rotatable bonds is 5. The maximum Gasteiger partial charge on any atom is 0.325 e. The van der Waals surface area contributed by atoms with Gasteiger partial charge in [-0.2, -0.15) is 0 Å². The normalized spacial score (nSPS) is 18.1. The van der Waals surface area contributed by atoms with E-state index in [2.05, 4.69) is 5.32 Å². The second-order valence-electron chi connectivity index (χ2n) is 4.33. The van der Waals surface area contributed by atoms with Crippen LogP contribution in [-0.4, -0.2) is 25.0 Å². The van der Waals surface area contributed by atoms with E-state index in [0.717, 1.165) is 32.1 Å². The zero-order valence-electron chi connectivity index (χ0n) is 10.2. The van der Waals surface area contributed by atoms with Gasteiger partial charge in [-0.25, -0.2) is 0 Å². The fourth-order valence-corrected chi connectivity index (χ4v) is 2.34. The van der Waals surface area contributed by atoms with Gasteiger partial charge in [-0.1, -0.05) is 19.8 Å². The van der Waals surface area contributed by atoms with Crippen LogP contribution in [0.5, 0.6) is 0 Å². The zero-order valence-corrected chi connectivity index (χ0v) is 10.2. The molecule has 0 aromatic rings. The summed E-state index contributed by atoms with van der Waals surface area (Å²) in [6.07, 6.45) is 4.96. The minimum absolute atomic E-state index is 0.00553. The van der Waals surface area contributed by atoms with E-state index in [9.17, 15) is 9.59 Å². The van der Waals surface area contributed by atoms with E-state index in [1.54, 1.807) is 6.92 Å². The molecule has 1 rings (SSSR count). The van der Waals surface area contributed by atoms with E-state index in [1.165, 1.54) is 0 Å². The fraction of sp³-hybridized carbons (Fsp3) is 0.833. The molecule has 0 heterocycles. The molecule has 1 saturated carbocycles. The van der Waals surface area contributed by atoms with Gasteiger partial charge < -0.3 is 10.1 Å². The summed E-state index contributed by atoms with van der Waals surface area (Å²) in [4.78, 5) is 23.1. The third-order valence-corrected chi connectivity index (χ3v) is 3.42. The fourth-order valence-electron chi connectivity index (χ4n) is 2.34. The SMILES string of the molecule is CCOC(=O)CNC(=O)C1(CC)CCCC1. The van der Waals surface area contributed by atoms with Crippen molar-refractivity contribution in [3.8, 4) is 0 Å². The predicted octanol–water partition coefficient (Wildman–Crippen LogP) is 1.64. The Hall–Kier alpha value is -1.06. The number of carbonyl (C=O) groups excluding carboxylic acids is 2. The number of ether oxygens (including phenoxy) is 1. The molecule has 0 aliphatic heterocycles. The molecule has 1 aliphatic rings. The van der Waals surface area contributed by atoms with E-state index >= 15 is 0 Å². The minimum atomic E-state index is -0.361. The first-order valence-corrected chi connectivity index (χ1v) is 6.08. The number of carbonyl (C=O) groups is 2. The minimum Gasteiger partial charge on any atom is -0.465 e. The molecule has 1 N–H and O–H groups in total. The van der Waals surface area contributed by atoms with Crippen molar-refractivity contribution in [3.63, 3.8) is 0 Å². The van der Waals surface area contributed by atoms with Crippen molar-refractivity contribution in [1.29, 1.82) is 0 Å². The molecule has 0 atom stereocenters. The summed E-state index contributed by atoms with van der Waals surface area (Å²) in [6.45, 7) is 4.14. The smallest absolute Gasteiger partial charge is 0.325 e. The Morgan fingerprint density at radius 1 is 1.25 bits per heavy atom. The third-order valence-electron chi connectivity index (χ3n) is 3.42. The van der Waals surface area contributed by atoms with Crippen molar-refractivity contribution in [1.82, 2.24) is 5.32 Å². The van der Waals surface area contributed by atoms with Gasteiger partial charge in [0.2, 0.25) is 5.91 Å². The Labute approximate surface area is 96.7 Å². The van der Waals surface area contributed by atoms with Crippen molar-refractivity contribution < 1.29 is 14.3 Å². The highest BCUT2D eigenvalue weighted by molar-refractivity contribution is 5.86. The van der Waals surface area contributed by atoms with Gasteiger partial charge in [0, 0.05) is 5.41 Å². The van der Waals surface area contributed by atoms with Crippen molar-refractivity contribution >= 4 is 11.9 Å². The molecule has 4 heteroatoms. The van der Waals surface area contributed by atoms with Crippen LogP contribution in [0, 0.1) is 5.41 Å². The lowest BCUT2D eigenvalue weighted by Crippen LogP contribution is -2.41. The van der Waals surface area contributed by atoms with Crippen LogP contribution in [0.15, 0.2) is 0 Å². The maximum absolute atomic E-state index is 12.0. The second kappa shape index (κ2) is 5.87. The van der Waals surface area contributed by atoms with Crippen molar-refractivity contribution in [3.05, 3.63) is 0 Å². The molecule has 16 heavy (non-hydrogen) atoms. The molecule has 1 fully saturated rings. The van der Waals surface area contributed by atoms with Crippen LogP contribution in [0.3, 0.4) is 0 Å². The molecule has 0 bridgehead atoms. The molecule has 0 aromatic carbocycles. The van der Waals surface area contributed by atoms with Crippen LogP contribution in [-0.2, 0) is 14.3 Å². The van der Waals surface area contributed by atoms with Crippen LogP contribution in [0.2, 0.25) is 0 Å². The van der Waals surface area contributed by atoms with E-state index in [0.29, 0.717) is 6.61 Å². The maximum atomic E-state index is 12.0. The summed E-state index contributed by atoms with van der Waals surface area (Å²) in [5, 5.41) is 2.69. The Balaban J connectivity index is 2.41. The predicted molar refractivity (Wildman–Crippen MR) is 60.8 cm³/mol. The average molecular weight is 227 g/mol. The molecule has 92 valence electrons. The van der Waals surface area contributed by atoms with Gasteiger partial charge in [0.1, 0.15) is 6.54 Å². The summed E-state index contributed by atoms with van der Waals surface area (Å²) in [7, 11) is 0. The molecule has 1 aliphatic carbocycles. The number of amides is 1. The summed E-state index contributed by atoms with van der Waals surface area (Å²) in [5.74, 6) is -0.347. The van der Waals surface area contributed by atoms with Crippen LogP contribution in [0.25, 0.3) is 0 Å². The van der Waals surface area contributed by atoms with Gasteiger partial charge in [0.05, 0.1) is 6.61 Å². The largest absolute Gasteiger partial charge is 0.465 e. The van der Waals surface area contributed by atoms with Gasteiger partial charge in [-0.05, 0) is 26.2 Å². The highest BCUT2D eigenvalue weighted by atomic mass is 16.5. The number of hydrogen-bond donors (Lipinski definition) is 1. The number of nitrogens with one attached hydrogen (secondary N) is 1. The monoisotopic (exact) mass is 227 g/mol. The summed E-state index contributed by atoms with van der Waals surface area (Å²) >= 11 is 0. The number of hydrogen-bond acceptors (Lipinski definition) is 3. The molecule has 4 nitrogen and oxygen atoms in total. The zero-order chi connectivity index (χ0) is 12.0. The molecule has 0 unspecified atom stereocenters. The van der Waals surface area contributed by atoms with Crippen molar-refractivity contribution in [2.45, 2.75) is 46.0 Å². The highest BCUT2D eigenvalue weighted by Gasteiger charge is 2.39. The van der Waals surface area contributed by atoms with Crippen LogP contribution < -0.4 is 5.32 Å². The highest BCUT2D eigenvalue weighted by Crippen LogP contribution is 2.40. The van der Waals surface area contributed by atoms with Gasteiger partial charge in [-0.15, -0.1) is 0 Å². The van der Waals surface area contributed by atoms with E-state index < -0.39 is 0 Å². The lowest BCUT2D eigenvalue weighted by atomic mass is 9.82. The van der Waals surface area contributed by atoms with Crippen molar-refractivity contribution in [2.24, 2.45) is 5.41 Å². The Kier molecular flexibility index (Phi) is 4.77. The Bertz CT molecular complexity index is 257. The second-order valence-corrected chi connectivity index (χ2v) is 4.33. The molecular weight excluding hydrogens is 206 g/mol. The molecule has 1 amide bonds. The Morgan fingerprint density at radius 3 is 2.38 bits per heavy atom. The molecular formula is C12H21NO3. The van der Waals surface area contributed by atoms with Crippen LogP contribution >= 0.6 is 0 Å². The van der Waals surface area contributed by atoms with E-state index in [4.69, 9.17) is 4.74 Å². The van der Waals surface area contributed by atoms with Gasteiger partial charge in [0.25, 0.3) is 0 Å². The summed E-state index contributed by atoms with van der Waals surface area (Å²) in [5.41, 5.74) is -0.230. The Morgan fingerprint density at radius 2 is 1.88 bits per heavy atom. The average Bonchev–Trinajstić information content (AvgIpc) is 2.76.